The Hall–Kier alpha value is -2.60. The zero-order valence-electron chi connectivity index (χ0n) is 13.9. The Labute approximate surface area is 144 Å². The molecule has 0 fully saturated rings. The van der Waals surface area contributed by atoms with E-state index < -0.39 is 0 Å². The second-order valence-corrected chi connectivity index (χ2v) is 6.58. The minimum Gasteiger partial charge on any atom is -0.440 e. The van der Waals surface area contributed by atoms with Crippen LogP contribution in [0.15, 0.2) is 46.2 Å². The van der Waals surface area contributed by atoms with Crippen LogP contribution in [-0.4, -0.2) is 25.0 Å². The first kappa shape index (κ1) is 16.3. The molecule has 0 aliphatic heterocycles. The van der Waals surface area contributed by atoms with Gasteiger partial charge in [-0.3, -0.25) is 4.79 Å². The molecule has 6 heteroatoms. The van der Waals surface area contributed by atoms with E-state index in [0.29, 0.717) is 17.3 Å². The van der Waals surface area contributed by atoms with E-state index in [1.165, 1.54) is 0 Å². The summed E-state index contributed by atoms with van der Waals surface area (Å²) in [5.74, 6) is 1.13. The number of oxazole rings is 1. The largest absolute Gasteiger partial charge is 0.440 e. The molecular formula is C18H19N3O2S. The van der Waals surface area contributed by atoms with E-state index >= 15 is 0 Å². The molecule has 2 aromatic heterocycles. The smallest absolute Gasteiger partial charge is 0.236 e. The van der Waals surface area contributed by atoms with Crippen molar-refractivity contribution in [3.63, 3.8) is 0 Å². The van der Waals surface area contributed by atoms with Crippen LogP contribution >= 0.6 is 11.3 Å². The number of amides is 1. The minimum atomic E-state index is -0.113. The molecule has 0 atom stereocenters. The van der Waals surface area contributed by atoms with Gasteiger partial charge in [-0.25, -0.2) is 4.98 Å². The lowest BCUT2D eigenvalue weighted by Gasteiger charge is -2.17. The van der Waals surface area contributed by atoms with Crippen molar-refractivity contribution in [1.82, 2.24) is 4.98 Å². The summed E-state index contributed by atoms with van der Waals surface area (Å²) >= 11 is 1.56. The number of hydrogen-bond acceptors (Lipinski definition) is 5. The molecule has 0 unspecified atom stereocenters. The van der Waals surface area contributed by atoms with E-state index in [4.69, 9.17) is 4.42 Å². The van der Waals surface area contributed by atoms with Crippen molar-refractivity contribution < 1.29 is 9.21 Å². The predicted octanol–water partition coefficient (Wildman–Crippen LogP) is 3.96. The second-order valence-electron chi connectivity index (χ2n) is 5.64. The quantitative estimate of drug-likeness (QED) is 0.763. The number of para-hydroxylation sites is 2. The average Bonchev–Trinajstić information content (AvgIpc) is 3.18. The van der Waals surface area contributed by atoms with Gasteiger partial charge < -0.3 is 14.6 Å². The summed E-state index contributed by atoms with van der Waals surface area (Å²) in [7, 11) is 3.89. The van der Waals surface area contributed by atoms with Crippen molar-refractivity contribution in [3.8, 4) is 10.8 Å². The van der Waals surface area contributed by atoms with E-state index in [1.54, 1.807) is 11.3 Å². The van der Waals surface area contributed by atoms with Crippen molar-refractivity contribution in [2.24, 2.45) is 0 Å². The lowest BCUT2D eigenvalue weighted by Crippen LogP contribution is -2.18. The van der Waals surface area contributed by atoms with Gasteiger partial charge in [0.15, 0.2) is 0 Å². The van der Waals surface area contributed by atoms with E-state index in [-0.39, 0.29) is 12.3 Å². The van der Waals surface area contributed by atoms with Crippen molar-refractivity contribution in [2.45, 2.75) is 13.3 Å². The number of rotatable bonds is 5. The highest BCUT2D eigenvalue weighted by Gasteiger charge is 2.16. The summed E-state index contributed by atoms with van der Waals surface area (Å²) in [6, 6.07) is 11.6. The van der Waals surface area contributed by atoms with Gasteiger partial charge in [0.05, 0.1) is 28.4 Å². The fraction of sp³-hybridized carbons (Fsp3) is 0.222. The molecule has 1 aromatic carbocycles. The molecule has 124 valence electrons. The van der Waals surface area contributed by atoms with Gasteiger partial charge in [-0.05, 0) is 30.5 Å². The summed E-state index contributed by atoms with van der Waals surface area (Å²) in [5.41, 5.74) is 2.41. The van der Waals surface area contributed by atoms with Gasteiger partial charge in [-0.1, -0.05) is 18.2 Å². The van der Waals surface area contributed by atoms with Gasteiger partial charge >= 0.3 is 0 Å². The van der Waals surface area contributed by atoms with Crippen LogP contribution in [0.3, 0.4) is 0 Å². The number of carbonyl (C=O) groups is 1. The van der Waals surface area contributed by atoms with Crippen LogP contribution in [0.4, 0.5) is 11.4 Å². The number of carbonyl (C=O) groups excluding carboxylic acids is 1. The first-order valence-electron chi connectivity index (χ1n) is 7.61. The maximum Gasteiger partial charge on any atom is 0.236 e. The molecule has 1 N–H and O–H groups in total. The van der Waals surface area contributed by atoms with Crippen LogP contribution in [0, 0.1) is 6.92 Å². The Bertz CT molecular complexity index is 838. The van der Waals surface area contributed by atoms with Crippen molar-refractivity contribution >= 4 is 28.6 Å². The molecular weight excluding hydrogens is 322 g/mol. The number of anilines is 2. The second kappa shape index (κ2) is 6.88. The Morgan fingerprint density at radius 3 is 2.75 bits per heavy atom. The van der Waals surface area contributed by atoms with Crippen molar-refractivity contribution in [1.29, 1.82) is 0 Å². The maximum absolute atomic E-state index is 12.4. The predicted molar refractivity (Wildman–Crippen MR) is 97.7 cm³/mol. The van der Waals surface area contributed by atoms with Gasteiger partial charge in [-0.15, -0.1) is 11.3 Å². The highest BCUT2D eigenvalue weighted by molar-refractivity contribution is 7.13. The molecule has 2 heterocycles. The lowest BCUT2D eigenvalue weighted by molar-refractivity contribution is -0.115. The summed E-state index contributed by atoms with van der Waals surface area (Å²) < 4.78 is 5.68. The Balaban J connectivity index is 1.74. The number of aryl methyl sites for hydroxylation is 1. The van der Waals surface area contributed by atoms with Crippen molar-refractivity contribution in [3.05, 3.63) is 53.2 Å². The standard InChI is InChI=1S/C18H19N3O2S/c1-12-14(20-18(23-12)16-9-6-10-24-16)11-17(22)19-13-7-4-5-8-15(13)21(2)3/h4-10H,11H2,1-3H3,(H,19,22). The fourth-order valence-electron chi connectivity index (χ4n) is 2.41. The molecule has 3 aromatic rings. The maximum atomic E-state index is 12.4. The monoisotopic (exact) mass is 341 g/mol. The molecule has 0 aliphatic carbocycles. The first-order chi connectivity index (χ1) is 11.5. The summed E-state index contributed by atoms with van der Waals surface area (Å²) in [5, 5.41) is 4.92. The minimum absolute atomic E-state index is 0.113. The van der Waals surface area contributed by atoms with Gasteiger partial charge in [0.2, 0.25) is 11.8 Å². The molecule has 0 saturated heterocycles. The molecule has 24 heavy (non-hydrogen) atoms. The zero-order valence-corrected chi connectivity index (χ0v) is 14.7. The molecule has 0 saturated carbocycles. The van der Waals surface area contributed by atoms with Crippen LogP contribution in [-0.2, 0) is 11.2 Å². The Morgan fingerprint density at radius 1 is 1.25 bits per heavy atom. The van der Waals surface area contributed by atoms with E-state index in [0.717, 1.165) is 16.3 Å². The SMILES string of the molecule is Cc1oc(-c2cccs2)nc1CC(=O)Nc1ccccc1N(C)C. The van der Waals surface area contributed by atoms with Crippen molar-refractivity contribution in [2.75, 3.05) is 24.3 Å². The van der Waals surface area contributed by atoms with Gasteiger partial charge in [0, 0.05) is 14.1 Å². The summed E-state index contributed by atoms with van der Waals surface area (Å²) in [4.78, 5) is 19.8. The average molecular weight is 341 g/mol. The fourth-order valence-corrected chi connectivity index (χ4v) is 3.06. The third kappa shape index (κ3) is 3.49. The Kier molecular flexibility index (Phi) is 4.66. The zero-order chi connectivity index (χ0) is 17.1. The van der Waals surface area contributed by atoms with Crippen LogP contribution in [0.1, 0.15) is 11.5 Å². The molecule has 5 nitrogen and oxygen atoms in total. The number of thiophene rings is 1. The van der Waals surface area contributed by atoms with Gasteiger partial charge in [0.1, 0.15) is 5.76 Å². The van der Waals surface area contributed by atoms with Crippen LogP contribution in [0.2, 0.25) is 0 Å². The van der Waals surface area contributed by atoms with Crippen LogP contribution < -0.4 is 10.2 Å². The molecule has 3 rings (SSSR count). The lowest BCUT2D eigenvalue weighted by atomic mass is 10.2. The van der Waals surface area contributed by atoms with E-state index in [1.807, 2.05) is 67.7 Å². The first-order valence-corrected chi connectivity index (χ1v) is 8.49. The highest BCUT2D eigenvalue weighted by atomic mass is 32.1. The van der Waals surface area contributed by atoms with E-state index in [2.05, 4.69) is 10.3 Å². The number of hydrogen-bond donors (Lipinski definition) is 1. The molecule has 0 aliphatic rings. The third-order valence-electron chi connectivity index (χ3n) is 3.61. The number of benzene rings is 1. The number of nitrogens with zero attached hydrogens (tertiary/aromatic N) is 2. The van der Waals surface area contributed by atoms with Gasteiger partial charge in [-0.2, -0.15) is 0 Å². The summed E-state index contributed by atoms with van der Waals surface area (Å²) in [6.07, 6.45) is 0.183. The molecule has 0 bridgehead atoms. The van der Waals surface area contributed by atoms with Gasteiger partial charge in [0.25, 0.3) is 0 Å². The highest BCUT2D eigenvalue weighted by Crippen LogP contribution is 2.27. The molecule has 1 amide bonds. The third-order valence-corrected chi connectivity index (χ3v) is 4.47. The normalized spacial score (nSPS) is 10.6. The topological polar surface area (TPSA) is 58.4 Å². The Morgan fingerprint density at radius 2 is 2.04 bits per heavy atom. The number of aromatic nitrogens is 1. The number of nitrogens with one attached hydrogen (secondary N) is 1. The summed E-state index contributed by atoms with van der Waals surface area (Å²) in [6.45, 7) is 1.83. The molecule has 0 spiro atoms. The molecule has 0 radical (unpaired) electrons. The van der Waals surface area contributed by atoms with E-state index in [9.17, 15) is 4.79 Å². The van der Waals surface area contributed by atoms with Crippen LogP contribution in [0.25, 0.3) is 10.8 Å². The van der Waals surface area contributed by atoms with Crippen LogP contribution in [0.5, 0.6) is 0 Å².